The number of benzene rings is 3. The van der Waals surface area contributed by atoms with Gasteiger partial charge in [0.15, 0.2) is 0 Å². The molecule has 48 heavy (non-hydrogen) atoms. The molecular weight excluding hydrogens is 596 g/mol. The molecule has 3 aromatic rings. The van der Waals surface area contributed by atoms with Gasteiger partial charge in [-0.1, -0.05) is 108 Å². The highest BCUT2D eigenvalue weighted by molar-refractivity contribution is 5.90. The number of ether oxygens (including phenoxy) is 1. The summed E-state index contributed by atoms with van der Waals surface area (Å²) in [4.78, 5) is 32.2. The zero-order chi connectivity index (χ0) is 34.5. The quantitative estimate of drug-likeness (QED) is 0.179. The van der Waals surface area contributed by atoms with E-state index >= 15 is 0 Å². The van der Waals surface area contributed by atoms with Crippen LogP contribution in [0.5, 0.6) is 5.75 Å². The molecule has 0 saturated carbocycles. The highest BCUT2D eigenvalue weighted by atomic mass is 16.5. The monoisotopic (exact) mass is 654 g/mol. The highest BCUT2D eigenvalue weighted by Gasteiger charge is 2.29. The third kappa shape index (κ3) is 12.1. The first-order chi connectivity index (χ1) is 23.0. The molecule has 0 bridgehead atoms. The lowest BCUT2D eigenvalue weighted by Crippen LogP contribution is -2.54. The van der Waals surface area contributed by atoms with Gasteiger partial charge in [0.05, 0.1) is 6.04 Å². The first-order valence-corrected chi connectivity index (χ1v) is 17.8. The number of carbonyl (C=O) groups excluding carboxylic acids is 2. The zero-order valence-electron chi connectivity index (χ0n) is 30.1. The van der Waals surface area contributed by atoms with Gasteiger partial charge in [0.2, 0.25) is 11.8 Å². The van der Waals surface area contributed by atoms with Gasteiger partial charge in [0.1, 0.15) is 18.4 Å². The van der Waals surface area contributed by atoms with E-state index in [0.29, 0.717) is 38.5 Å². The van der Waals surface area contributed by atoms with Crippen molar-refractivity contribution in [2.45, 2.75) is 97.4 Å². The number of hydrogen-bond donors (Lipinski definition) is 2. The van der Waals surface area contributed by atoms with Gasteiger partial charge in [-0.3, -0.25) is 14.5 Å². The third-order valence-corrected chi connectivity index (χ3v) is 9.20. The van der Waals surface area contributed by atoms with Crippen molar-refractivity contribution in [1.82, 2.24) is 20.4 Å². The van der Waals surface area contributed by atoms with Crippen molar-refractivity contribution in [2.75, 3.05) is 33.2 Å². The molecule has 3 aromatic carbocycles. The van der Waals surface area contributed by atoms with Crippen LogP contribution in [0.1, 0.15) is 82.6 Å². The molecule has 2 amide bonds. The Morgan fingerprint density at radius 2 is 1.48 bits per heavy atom. The van der Waals surface area contributed by atoms with Gasteiger partial charge in [0, 0.05) is 26.1 Å². The minimum atomic E-state index is -0.691. The summed E-state index contributed by atoms with van der Waals surface area (Å²) in [6, 6.07) is 25.5. The number of likely N-dealkylation sites (tertiary alicyclic amines) is 1. The molecule has 7 heteroatoms. The number of nitrogens with zero attached hydrogens (tertiary/aromatic N) is 2. The summed E-state index contributed by atoms with van der Waals surface area (Å²) in [6.07, 6.45) is 4.79. The largest absolute Gasteiger partial charge is 0.489 e. The molecule has 1 saturated heterocycles. The zero-order valence-corrected chi connectivity index (χ0v) is 30.1. The normalized spacial score (nSPS) is 15.2. The smallest absolute Gasteiger partial charge is 0.242 e. The van der Waals surface area contributed by atoms with Gasteiger partial charge in [-0.25, -0.2) is 0 Å². The van der Waals surface area contributed by atoms with Crippen molar-refractivity contribution >= 4 is 11.8 Å². The Bertz CT molecular complexity index is 1390. The third-order valence-electron chi connectivity index (χ3n) is 9.20. The lowest BCUT2D eigenvalue weighted by atomic mass is 9.86. The predicted octanol–water partition coefficient (Wildman–Crippen LogP) is 6.74. The van der Waals surface area contributed by atoms with Crippen molar-refractivity contribution in [3.8, 4) is 5.75 Å². The van der Waals surface area contributed by atoms with Crippen molar-refractivity contribution in [1.29, 1.82) is 0 Å². The van der Waals surface area contributed by atoms with Crippen molar-refractivity contribution < 1.29 is 14.3 Å². The van der Waals surface area contributed by atoms with Crippen molar-refractivity contribution in [3.63, 3.8) is 0 Å². The second-order valence-electron chi connectivity index (χ2n) is 14.9. The summed E-state index contributed by atoms with van der Waals surface area (Å²) >= 11 is 0. The Balaban J connectivity index is 1.44. The first kappa shape index (κ1) is 37.1. The van der Waals surface area contributed by atoms with Crippen LogP contribution in [0.4, 0.5) is 0 Å². The molecule has 2 N–H and O–H groups in total. The van der Waals surface area contributed by atoms with E-state index < -0.39 is 6.04 Å². The van der Waals surface area contributed by atoms with Crippen LogP contribution in [0.15, 0.2) is 78.9 Å². The van der Waals surface area contributed by atoms with E-state index in [2.05, 4.69) is 79.3 Å². The maximum Gasteiger partial charge on any atom is 0.242 e. The van der Waals surface area contributed by atoms with Gasteiger partial charge in [-0.2, -0.15) is 0 Å². The van der Waals surface area contributed by atoms with E-state index in [1.54, 1.807) is 0 Å². The second-order valence-corrected chi connectivity index (χ2v) is 14.9. The molecule has 7 nitrogen and oxygen atoms in total. The number of piperidine rings is 1. The summed E-state index contributed by atoms with van der Waals surface area (Å²) in [5.41, 5.74) is 4.60. The molecule has 1 heterocycles. The molecule has 1 fully saturated rings. The Kier molecular flexibility index (Phi) is 14.1. The van der Waals surface area contributed by atoms with Crippen LogP contribution < -0.4 is 15.4 Å². The van der Waals surface area contributed by atoms with Crippen LogP contribution in [0.25, 0.3) is 0 Å². The second kappa shape index (κ2) is 18.2. The number of likely N-dealkylation sites (N-methyl/N-ethyl adjacent to an activating group) is 1. The lowest BCUT2D eigenvalue weighted by Gasteiger charge is -2.31. The number of carbonyl (C=O) groups is 2. The van der Waals surface area contributed by atoms with Crippen LogP contribution in [-0.4, -0.2) is 66.9 Å². The van der Waals surface area contributed by atoms with E-state index in [1.165, 1.54) is 24.8 Å². The van der Waals surface area contributed by atoms with E-state index in [4.69, 9.17) is 4.74 Å². The minimum absolute atomic E-state index is 0.0867. The average molecular weight is 655 g/mol. The molecule has 0 spiro atoms. The Hall–Kier alpha value is -3.68. The molecule has 0 unspecified atom stereocenters. The first-order valence-electron chi connectivity index (χ1n) is 17.8. The molecular formula is C41H58N4O3. The maximum atomic E-state index is 14.0. The van der Waals surface area contributed by atoms with Gasteiger partial charge >= 0.3 is 0 Å². The summed E-state index contributed by atoms with van der Waals surface area (Å²) in [5.74, 6) is 0.819. The summed E-state index contributed by atoms with van der Waals surface area (Å²) in [7, 11) is 2.01. The Morgan fingerprint density at radius 1 is 0.833 bits per heavy atom. The standard InChI is InChI=1S/C41H58N4O3/c1-31(2)27-38(44(6)29-33-15-19-35(20-16-33)41(3,4)5)40(47)43-37(39(46)42-23-26-45-24-11-8-12-25-45)28-32-17-21-36(22-18-32)48-30-34-13-9-7-10-14-34/h7,9-10,13-22,31,37-38H,8,11-12,23-30H2,1-6H3,(H,42,46)(H,43,47)/t37-,38+/m0/s1. The molecule has 0 aromatic heterocycles. The van der Waals surface area contributed by atoms with E-state index in [9.17, 15) is 9.59 Å². The highest BCUT2D eigenvalue weighted by Crippen LogP contribution is 2.23. The molecule has 0 aliphatic carbocycles. The molecule has 2 atom stereocenters. The van der Waals surface area contributed by atoms with Crippen LogP contribution >= 0.6 is 0 Å². The molecule has 1 aliphatic heterocycles. The SMILES string of the molecule is CC(C)C[C@H](C(=O)N[C@@H](Cc1ccc(OCc2ccccc2)cc1)C(=O)NCCN1CCCCC1)N(C)Cc1ccc(C(C)(C)C)cc1. The maximum absolute atomic E-state index is 14.0. The van der Waals surface area contributed by atoms with Crippen molar-refractivity contribution in [3.05, 3.63) is 101 Å². The Morgan fingerprint density at radius 3 is 2.10 bits per heavy atom. The van der Waals surface area contributed by atoms with E-state index in [0.717, 1.165) is 42.1 Å². The van der Waals surface area contributed by atoms with Crippen LogP contribution in [0.3, 0.4) is 0 Å². The summed E-state index contributed by atoms with van der Waals surface area (Å²) < 4.78 is 5.98. The molecule has 4 rings (SSSR count). The fourth-order valence-electron chi connectivity index (χ4n) is 6.26. The van der Waals surface area contributed by atoms with Crippen molar-refractivity contribution in [2.24, 2.45) is 5.92 Å². The predicted molar refractivity (Wildman–Crippen MR) is 196 cm³/mol. The van der Waals surface area contributed by atoms with Gasteiger partial charge in [-0.05, 0) is 85.1 Å². The van der Waals surface area contributed by atoms with Crippen LogP contribution in [-0.2, 0) is 34.6 Å². The number of hydrogen-bond acceptors (Lipinski definition) is 5. The minimum Gasteiger partial charge on any atom is -0.489 e. The van der Waals surface area contributed by atoms with E-state index in [1.807, 2.05) is 61.6 Å². The molecule has 260 valence electrons. The fourth-order valence-corrected chi connectivity index (χ4v) is 6.26. The summed E-state index contributed by atoms with van der Waals surface area (Å²) in [5, 5.41) is 6.32. The molecule has 0 radical (unpaired) electrons. The van der Waals surface area contributed by atoms with Gasteiger partial charge in [-0.15, -0.1) is 0 Å². The number of nitrogens with one attached hydrogen (secondary N) is 2. The topological polar surface area (TPSA) is 73.9 Å². The number of rotatable bonds is 16. The molecule has 1 aliphatic rings. The van der Waals surface area contributed by atoms with E-state index in [-0.39, 0.29) is 23.3 Å². The van der Waals surface area contributed by atoms with Crippen LogP contribution in [0.2, 0.25) is 0 Å². The lowest BCUT2D eigenvalue weighted by molar-refractivity contribution is -0.132. The van der Waals surface area contributed by atoms with Crippen LogP contribution in [0, 0.1) is 5.92 Å². The fraction of sp³-hybridized carbons (Fsp3) is 0.512. The van der Waals surface area contributed by atoms with Gasteiger partial charge in [0.25, 0.3) is 0 Å². The summed E-state index contributed by atoms with van der Waals surface area (Å²) in [6.45, 7) is 15.6. The average Bonchev–Trinajstić information content (AvgIpc) is 3.07. The number of amides is 2. The van der Waals surface area contributed by atoms with Gasteiger partial charge < -0.3 is 20.3 Å². The Labute approximate surface area is 289 Å².